The number of carbonyl (C=O) groups is 1. The maximum Gasteiger partial charge on any atom is 0.332 e. The Balaban J connectivity index is 2.34. The third-order valence-electron chi connectivity index (χ3n) is 2.82. The number of aliphatic hydroxyl groups excluding tert-OH is 1. The summed E-state index contributed by atoms with van der Waals surface area (Å²) in [6, 6.07) is 9.46. The van der Waals surface area contributed by atoms with Gasteiger partial charge >= 0.3 is 5.97 Å². The fraction of sp³-hybridized carbons (Fsp3) is 0.214. The Morgan fingerprint density at radius 3 is 2.78 bits per heavy atom. The highest BCUT2D eigenvalue weighted by atomic mass is 16.6. The minimum Gasteiger partial charge on any atom is -0.437 e. The van der Waals surface area contributed by atoms with Crippen LogP contribution in [0.1, 0.15) is 12.5 Å². The van der Waals surface area contributed by atoms with Gasteiger partial charge in [0, 0.05) is 11.6 Å². The number of benzene rings is 1. The van der Waals surface area contributed by atoms with E-state index < -0.39 is 17.9 Å². The molecule has 94 valence electrons. The van der Waals surface area contributed by atoms with Crippen LogP contribution >= 0.6 is 0 Å². The van der Waals surface area contributed by atoms with Gasteiger partial charge in [-0.2, -0.15) is 0 Å². The zero-order valence-corrected chi connectivity index (χ0v) is 10.1. The molecule has 0 aliphatic carbocycles. The average Bonchev–Trinajstić information content (AvgIpc) is 2.65. The van der Waals surface area contributed by atoms with Gasteiger partial charge in [0.1, 0.15) is 6.23 Å². The summed E-state index contributed by atoms with van der Waals surface area (Å²) in [5.41, 5.74) is 0.568. The van der Waals surface area contributed by atoms with Crippen LogP contribution in [0.4, 0.5) is 0 Å². The van der Waals surface area contributed by atoms with Crippen LogP contribution in [0.15, 0.2) is 49.1 Å². The summed E-state index contributed by atoms with van der Waals surface area (Å²) in [7, 11) is 0. The Morgan fingerprint density at radius 2 is 2.17 bits per heavy atom. The van der Waals surface area contributed by atoms with Gasteiger partial charge in [0.05, 0.1) is 0 Å². The molecule has 0 saturated heterocycles. The smallest absolute Gasteiger partial charge is 0.332 e. The molecule has 0 radical (unpaired) electrons. The van der Waals surface area contributed by atoms with Gasteiger partial charge in [-0.25, -0.2) is 10.1 Å². The lowest BCUT2D eigenvalue weighted by molar-refractivity contribution is -0.149. The van der Waals surface area contributed by atoms with E-state index in [2.05, 4.69) is 11.9 Å². The molecule has 2 atom stereocenters. The van der Waals surface area contributed by atoms with Crippen molar-refractivity contribution in [3.05, 3.63) is 54.6 Å². The topological polar surface area (TPSA) is 58.6 Å². The zero-order chi connectivity index (χ0) is 13.2. The van der Waals surface area contributed by atoms with E-state index in [0.29, 0.717) is 0 Å². The Labute approximate surface area is 106 Å². The quantitative estimate of drug-likeness (QED) is 0.625. The first-order chi connectivity index (χ1) is 8.55. The summed E-state index contributed by atoms with van der Waals surface area (Å²) < 4.78 is 5.29. The molecule has 2 N–H and O–H groups in total. The molecule has 2 unspecified atom stereocenters. The predicted octanol–water partition coefficient (Wildman–Crippen LogP) is 1.44. The van der Waals surface area contributed by atoms with Crippen molar-refractivity contribution in [2.24, 2.45) is 0 Å². The Kier molecular flexibility index (Phi) is 3.32. The SMILES string of the molecule is C=CC(=O)OC1(C)NC(O)C=C1c1ccccc1. The molecule has 1 aliphatic heterocycles. The second-order valence-corrected chi connectivity index (χ2v) is 4.19. The molecule has 18 heavy (non-hydrogen) atoms. The molecule has 0 bridgehead atoms. The minimum atomic E-state index is -1.05. The molecule has 1 heterocycles. The van der Waals surface area contributed by atoms with E-state index in [1.807, 2.05) is 30.3 Å². The summed E-state index contributed by atoms with van der Waals surface area (Å²) in [6.45, 7) is 5.06. The van der Waals surface area contributed by atoms with Crippen molar-refractivity contribution in [1.29, 1.82) is 0 Å². The van der Waals surface area contributed by atoms with Crippen molar-refractivity contribution >= 4 is 11.5 Å². The number of ether oxygens (including phenoxy) is 1. The first kappa shape index (κ1) is 12.5. The predicted molar refractivity (Wildman–Crippen MR) is 68.3 cm³/mol. The third-order valence-corrected chi connectivity index (χ3v) is 2.82. The summed E-state index contributed by atoms with van der Waals surface area (Å²) in [5, 5.41) is 12.5. The molecule has 1 aliphatic rings. The fourth-order valence-electron chi connectivity index (χ4n) is 2.04. The van der Waals surface area contributed by atoms with Crippen LogP contribution in [0.3, 0.4) is 0 Å². The highest BCUT2D eigenvalue weighted by Crippen LogP contribution is 2.33. The van der Waals surface area contributed by atoms with Crippen molar-refractivity contribution in [2.45, 2.75) is 18.9 Å². The number of hydrogen-bond acceptors (Lipinski definition) is 4. The van der Waals surface area contributed by atoms with Crippen molar-refractivity contribution in [1.82, 2.24) is 5.32 Å². The molecule has 1 aromatic rings. The molecule has 4 nitrogen and oxygen atoms in total. The van der Waals surface area contributed by atoms with Gasteiger partial charge in [-0.3, -0.25) is 0 Å². The molecular weight excluding hydrogens is 230 g/mol. The highest BCUT2D eigenvalue weighted by Gasteiger charge is 2.40. The van der Waals surface area contributed by atoms with Gasteiger partial charge in [0.15, 0.2) is 5.72 Å². The van der Waals surface area contributed by atoms with Crippen LogP contribution in [-0.4, -0.2) is 23.0 Å². The van der Waals surface area contributed by atoms with Crippen molar-refractivity contribution < 1.29 is 14.6 Å². The van der Waals surface area contributed by atoms with Crippen molar-refractivity contribution in [3.63, 3.8) is 0 Å². The Hall–Kier alpha value is -1.91. The molecule has 0 saturated carbocycles. The van der Waals surface area contributed by atoms with E-state index in [4.69, 9.17) is 4.74 Å². The zero-order valence-electron chi connectivity index (χ0n) is 10.1. The first-order valence-corrected chi connectivity index (χ1v) is 5.64. The summed E-state index contributed by atoms with van der Waals surface area (Å²) in [4.78, 5) is 11.4. The second kappa shape index (κ2) is 4.76. The molecule has 0 aromatic heterocycles. The highest BCUT2D eigenvalue weighted by molar-refractivity contribution is 5.84. The molecule has 2 rings (SSSR count). The Bertz CT molecular complexity index is 495. The minimum absolute atomic E-state index is 0.541. The Morgan fingerprint density at radius 1 is 1.50 bits per heavy atom. The van der Waals surface area contributed by atoms with Gasteiger partial charge in [-0.1, -0.05) is 36.9 Å². The van der Waals surface area contributed by atoms with E-state index in [0.717, 1.165) is 17.2 Å². The average molecular weight is 245 g/mol. The number of nitrogens with one attached hydrogen (secondary N) is 1. The van der Waals surface area contributed by atoms with E-state index in [1.54, 1.807) is 13.0 Å². The molecule has 0 amide bonds. The first-order valence-electron chi connectivity index (χ1n) is 5.64. The van der Waals surface area contributed by atoms with Gasteiger partial charge in [0.2, 0.25) is 0 Å². The van der Waals surface area contributed by atoms with E-state index >= 15 is 0 Å². The van der Waals surface area contributed by atoms with Crippen LogP contribution < -0.4 is 5.32 Å². The summed E-state index contributed by atoms with van der Waals surface area (Å²) in [5.74, 6) is -0.541. The van der Waals surface area contributed by atoms with Gasteiger partial charge in [-0.15, -0.1) is 0 Å². The van der Waals surface area contributed by atoms with Crippen molar-refractivity contribution in [3.8, 4) is 0 Å². The fourth-order valence-corrected chi connectivity index (χ4v) is 2.04. The number of aliphatic hydroxyl groups is 1. The van der Waals surface area contributed by atoms with Crippen molar-refractivity contribution in [2.75, 3.05) is 0 Å². The van der Waals surface area contributed by atoms with Gasteiger partial charge in [0.25, 0.3) is 0 Å². The molecule has 4 heteroatoms. The largest absolute Gasteiger partial charge is 0.437 e. The lowest BCUT2D eigenvalue weighted by Crippen LogP contribution is -2.46. The lowest BCUT2D eigenvalue weighted by Gasteiger charge is -2.28. The van der Waals surface area contributed by atoms with E-state index in [1.165, 1.54) is 0 Å². The number of hydrogen-bond donors (Lipinski definition) is 2. The third kappa shape index (κ3) is 2.34. The van der Waals surface area contributed by atoms with Gasteiger partial charge in [-0.05, 0) is 18.6 Å². The maximum absolute atomic E-state index is 11.4. The maximum atomic E-state index is 11.4. The van der Waals surface area contributed by atoms with Crippen LogP contribution in [0, 0.1) is 0 Å². The monoisotopic (exact) mass is 245 g/mol. The second-order valence-electron chi connectivity index (χ2n) is 4.19. The standard InChI is InChI=1S/C14H15NO3/c1-3-13(17)18-14(2)11(9-12(16)15-14)10-7-5-4-6-8-10/h3-9,12,15-16H,1H2,2H3. The van der Waals surface area contributed by atoms with Crippen LogP contribution in [-0.2, 0) is 9.53 Å². The molecule has 0 fully saturated rings. The lowest BCUT2D eigenvalue weighted by atomic mass is 9.98. The molecular formula is C14H15NO3. The van der Waals surface area contributed by atoms with E-state index in [9.17, 15) is 9.90 Å². The summed E-state index contributed by atoms with van der Waals surface area (Å²) >= 11 is 0. The normalized spacial score (nSPS) is 26.6. The van der Waals surface area contributed by atoms with Gasteiger partial charge < -0.3 is 9.84 Å². The number of rotatable bonds is 3. The molecule has 1 aromatic carbocycles. The summed E-state index contributed by atoms with van der Waals surface area (Å²) in [6.07, 6.45) is 1.88. The van der Waals surface area contributed by atoms with Crippen LogP contribution in [0.25, 0.3) is 5.57 Å². The number of carbonyl (C=O) groups excluding carboxylic acids is 1. The van der Waals surface area contributed by atoms with E-state index in [-0.39, 0.29) is 0 Å². The van der Waals surface area contributed by atoms with Crippen LogP contribution in [0.5, 0.6) is 0 Å². The number of esters is 1. The van der Waals surface area contributed by atoms with Crippen LogP contribution in [0.2, 0.25) is 0 Å². The molecule has 0 spiro atoms.